The van der Waals surface area contributed by atoms with Crippen LogP contribution in [0, 0.1) is 0 Å². The van der Waals surface area contributed by atoms with Crippen LogP contribution in [0.3, 0.4) is 0 Å². The first-order valence-corrected chi connectivity index (χ1v) is 7.63. The van der Waals surface area contributed by atoms with Crippen molar-refractivity contribution in [2.45, 2.75) is 50.2 Å². The topological polar surface area (TPSA) is 74.2 Å². The van der Waals surface area contributed by atoms with E-state index in [2.05, 4.69) is 16.2 Å². The molecule has 1 aliphatic heterocycles. The zero-order valence-corrected chi connectivity index (χ0v) is 11.9. The van der Waals surface area contributed by atoms with Crippen LogP contribution in [-0.4, -0.2) is 16.2 Å². The van der Waals surface area contributed by atoms with Gasteiger partial charge in [-0.15, -0.1) is 0 Å². The fourth-order valence-corrected chi connectivity index (χ4v) is 3.32. The van der Waals surface area contributed by atoms with Gasteiger partial charge in [-0.1, -0.05) is 29.8 Å². The molecular formula is C16H19N3O2. The van der Waals surface area contributed by atoms with E-state index in [1.54, 1.807) is 0 Å². The molecule has 5 heteroatoms. The molecule has 3 unspecified atom stereocenters. The van der Waals surface area contributed by atoms with E-state index >= 15 is 0 Å². The van der Waals surface area contributed by atoms with Crippen LogP contribution in [0.5, 0.6) is 5.75 Å². The highest BCUT2D eigenvalue weighted by Crippen LogP contribution is 2.36. The normalized spacial score (nSPS) is 28.1. The molecule has 110 valence electrons. The fraction of sp³-hybridized carbons (Fsp3) is 0.500. The van der Waals surface area contributed by atoms with Gasteiger partial charge in [0, 0.05) is 18.4 Å². The van der Waals surface area contributed by atoms with Gasteiger partial charge in [-0.05, 0) is 30.9 Å². The third-order valence-electron chi connectivity index (χ3n) is 4.46. The summed E-state index contributed by atoms with van der Waals surface area (Å²) >= 11 is 0. The minimum atomic E-state index is -0.128. The quantitative estimate of drug-likeness (QED) is 0.918. The Labute approximate surface area is 123 Å². The molecule has 0 amide bonds. The Balaban J connectivity index is 1.51. The Bertz CT molecular complexity index is 615. The minimum Gasteiger partial charge on any atom is -0.482 e. The summed E-state index contributed by atoms with van der Waals surface area (Å²) in [6.45, 7) is 0. The molecule has 2 heterocycles. The molecule has 1 aromatic heterocycles. The molecule has 2 N–H and O–H groups in total. The van der Waals surface area contributed by atoms with Crippen molar-refractivity contribution in [3.05, 3.63) is 41.5 Å². The molecule has 0 saturated heterocycles. The highest BCUT2D eigenvalue weighted by atomic mass is 16.5. The van der Waals surface area contributed by atoms with Crippen LogP contribution in [0.2, 0.25) is 0 Å². The van der Waals surface area contributed by atoms with Crippen LogP contribution in [0.4, 0.5) is 0 Å². The Morgan fingerprint density at radius 2 is 2.10 bits per heavy atom. The first-order chi connectivity index (χ1) is 10.3. The molecule has 1 saturated carbocycles. The summed E-state index contributed by atoms with van der Waals surface area (Å²) < 4.78 is 11.4. The fourth-order valence-electron chi connectivity index (χ4n) is 3.32. The molecule has 2 aromatic rings. The van der Waals surface area contributed by atoms with Gasteiger partial charge in [0.05, 0.1) is 0 Å². The van der Waals surface area contributed by atoms with Gasteiger partial charge >= 0.3 is 0 Å². The SMILES string of the molecule is NC1CCCC(c2nc(C3Cc4ccccc4O3)no2)C1. The largest absolute Gasteiger partial charge is 0.482 e. The maximum Gasteiger partial charge on any atom is 0.229 e. The van der Waals surface area contributed by atoms with Crippen molar-refractivity contribution in [1.82, 2.24) is 10.1 Å². The lowest BCUT2D eigenvalue weighted by Gasteiger charge is -2.23. The average molecular weight is 285 g/mol. The zero-order valence-electron chi connectivity index (χ0n) is 11.9. The van der Waals surface area contributed by atoms with Gasteiger partial charge in [-0.25, -0.2) is 0 Å². The summed E-state index contributed by atoms with van der Waals surface area (Å²) in [5.74, 6) is 2.60. The van der Waals surface area contributed by atoms with Crippen LogP contribution in [0.15, 0.2) is 28.8 Å². The summed E-state index contributed by atoms with van der Waals surface area (Å²) in [5, 5.41) is 4.13. The molecule has 5 nitrogen and oxygen atoms in total. The number of para-hydroxylation sites is 1. The third-order valence-corrected chi connectivity index (χ3v) is 4.46. The van der Waals surface area contributed by atoms with E-state index in [1.165, 1.54) is 5.56 Å². The van der Waals surface area contributed by atoms with Gasteiger partial charge in [-0.2, -0.15) is 4.98 Å². The van der Waals surface area contributed by atoms with Gasteiger partial charge < -0.3 is 15.0 Å². The van der Waals surface area contributed by atoms with Gasteiger partial charge in [0.2, 0.25) is 11.7 Å². The Hall–Kier alpha value is -1.88. The first kappa shape index (κ1) is 12.8. The van der Waals surface area contributed by atoms with Crippen molar-refractivity contribution in [3.8, 4) is 5.75 Å². The number of nitrogens with zero attached hydrogens (tertiary/aromatic N) is 2. The standard InChI is InChI=1S/C16H19N3O2/c17-12-6-3-5-11(8-12)16-18-15(19-21-16)14-9-10-4-1-2-7-13(10)20-14/h1-2,4,7,11-12,14H,3,5-6,8-9,17H2. The number of nitrogens with two attached hydrogens (primary N) is 1. The molecule has 1 fully saturated rings. The summed E-state index contributed by atoms with van der Waals surface area (Å²) in [4.78, 5) is 4.58. The van der Waals surface area contributed by atoms with Crippen molar-refractivity contribution >= 4 is 0 Å². The lowest BCUT2D eigenvalue weighted by molar-refractivity contribution is 0.220. The zero-order chi connectivity index (χ0) is 14.2. The molecule has 1 aromatic carbocycles. The van der Waals surface area contributed by atoms with Gasteiger partial charge in [-0.3, -0.25) is 0 Å². The number of hydrogen-bond donors (Lipinski definition) is 1. The number of aromatic nitrogens is 2. The number of hydrogen-bond acceptors (Lipinski definition) is 5. The van der Waals surface area contributed by atoms with E-state index in [0.29, 0.717) is 11.7 Å². The first-order valence-electron chi connectivity index (χ1n) is 7.63. The van der Waals surface area contributed by atoms with Gasteiger partial charge in [0.1, 0.15) is 5.75 Å². The summed E-state index contributed by atoms with van der Waals surface area (Å²) in [7, 11) is 0. The van der Waals surface area contributed by atoms with E-state index in [0.717, 1.165) is 43.7 Å². The number of fused-ring (bicyclic) bond motifs is 1. The molecule has 21 heavy (non-hydrogen) atoms. The second kappa shape index (κ2) is 5.15. The van der Waals surface area contributed by atoms with E-state index in [1.807, 2.05) is 18.2 Å². The third kappa shape index (κ3) is 2.42. The predicted octanol–water partition coefficient (Wildman–Crippen LogP) is 2.73. The summed E-state index contributed by atoms with van der Waals surface area (Å²) in [5.41, 5.74) is 7.24. The van der Waals surface area contributed by atoms with Gasteiger partial charge in [0.25, 0.3) is 0 Å². The molecule has 3 atom stereocenters. The molecule has 0 bridgehead atoms. The Morgan fingerprint density at radius 1 is 1.19 bits per heavy atom. The second-order valence-electron chi connectivity index (χ2n) is 6.03. The molecule has 4 rings (SSSR count). The highest BCUT2D eigenvalue weighted by molar-refractivity contribution is 5.37. The number of benzene rings is 1. The van der Waals surface area contributed by atoms with Crippen LogP contribution in [0.1, 0.15) is 55.0 Å². The van der Waals surface area contributed by atoms with E-state index in [9.17, 15) is 0 Å². The van der Waals surface area contributed by atoms with Crippen LogP contribution in [-0.2, 0) is 6.42 Å². The van der Waals surface area contributed by atoms with Crippen molar-refractivity contribution < 1.29 is 9.26 Å². The molecule has 0 radical (unpaired) electrons. The molecule has 2 aliphatic rings. The minimum absolute atomic E-state index is 0.128. The summed E-state index contributed by atoms with van der Waals surface area (Å²) in [6.07, 6.45) is 4.93. The second-order valence-corrected chi connectivity index (χ2v) is 6.03. The number of rotatable bonds is 2. The summed E-state index contributed by atoms with van der Waals surface area (Å²) in [6, 6.07) is 8.32. The Kier molecular flexibility index (Phi) is 3.15. The maximum atomic E-state index is 6.03. The lowest BCUT2D eigenvalue weighted by atomic mass is 9.86. The van der Waals surface area contributed by atoms with Crippen LogP contribution in [0.25, 0.3) is 0 Å². The van der Waals surface area contributed by atoms with E-state index in [-0.39, 0.29) is 12.1 Å². The highest BCUT2D eigenvalue weighted by Gasteiger charge is 2.31. The smallest absolute Gasteiger partial charge is 0.229 e. The van der Waals surface area contributed by atoms with Crippen LogP contribution >= 0.6 is 0 Å². The average Bonchev–Trinajstić information content (AvgIpc) is 3.14. The van der Waals surface area contributed by atoms with Gasteiger partial charge in [0.15, 0.2) is 6.10 Å². The lowest BCUT2D eigenvalue weighted by Crippen LogP contribution is -2.27. The monoisotopic (exact) mass is 285 g/mol. The van der Waals surface area contributed by atoms with E-state index < -0.39 is 0 Å². The van der Waals surface area contributed by atoms with Crippen molar-refractivity contribution in [2.75, 3.05) is 0 Å². The maximum absolute atomic E-state index is 6.03. The molecule has 1 aliphatic carbocycles. The molecular weight excluding hydrogens is 266 g/mol. The Morgan fingerprint density at radius 3 is 2.95 bits per heavy atom. The number of ether oxygens (including phenoxy) is 1. The van der Waals surface area contributed by atoms with Crippen LogP contribution < -0.4 is 10.5 Å². The predicted molar refractivity (Wildman–Crippen MR) is 77.0 cm³/mol. The van der Waals surface area contributed by atoms with Crippen molar-refractivity contribution in [2.24, 2.45) is 5.73 Å². The van der Waals surface area contributed by atoms with E-state index in [4.69, 9.17) is 15.0 Å². The van der Waals surface area contributed by atoms with Crippen molar-refractivity contribution in [1.29, 1.82) is 0 Å². The molecule has 0 spiro atoms. The van der Waals surface area contributed by atoms with Crippen molar-refractivity contribution in [3.63, 3.8) is 0 Å².